The summed E-state index contributed by atoms with van der Waals surface area (Å²) in [6.45, 7) is 2.93. The Hall–Kier alpha value is -1.35. The summed E-state index contributed by atoms with van der Waals surface area (Å²) < 4.78 is 1.11. The smallest absolute Gasteiger partial charge is 0.171 e. The van der Waals surface area contributed by atoms with Crippen molar-refractivity contribution in [3.05, 3.63) is 58.3 Å². The van der Waals surface area contributed by atoms with Crippen molar-refractivity contribution in [1.82, 2.24) is 0 Å². The lowest BCUT2D eigenvalue weighted by Crippen LogP contribution is -2.06. The van der Waals surface area contributed by atoms with E-state index in [1.165, 1.54) is 16.8 Å². The number of pyridine rings is 1. The second-order valence-corrected chi connectivity index (χ2v) is 4.64. The molecular formula is C13H14BrN2+. The van der Waals surface area contributed by atoms with E-state index in [-0.39, 0.29) is 0 Å². The molecule has 16 heavy (non-hydrogen) atoms. The number of benzene rings is 1. The summed E-state index contributed by atoms with van der Waals surface area (Å²) in [6.07, 6.45) is 3.91. The first-order valence-corrected chi connectivity index (χ1v) is 6.00. The molecule has 82 valence electrons. The molecule has 2 N–H and O–H groups in total. The molecule has 0 atom stereocenters. The van der Waals surface area contributed by atoms with Gasteiger partial charge in [-0.1, -0.05) is 15.9 Å². The molecule has 3 heteroatoms. The molecule has 2 aromatic rings. The Morgan fingerprint density at radius 3 is 2.88 bits per heavy atom. The van der Waals surface area contributed by atoms with Crippen LogP contribution < -0.4 is 10.3 Å². The molecule has 0 amide bonds. The van der Waals surface area contributed by atoms with E-state index in [1.807, 2.05) is 24.5 Å². The second-order valence-electron chi connectivity index (χ2n) is 3.72. The van der Waals surface area contributed by atoms with Gasteiger partial charge in [-0.15, -0.1) is 0 Å². The van der Waals surface area contributed by atoms with Gasteiger partial charge < -0.3 is 5.32 Å². The summed E-state index contributed by atoms with van der Waals surface area (Å²) in [4.78, 5) is 3.07. The van der Waals surface area contributed by atoms with Crippen molar-refractivity contribution in [1.29, 1.82) is 0 Å². The molecule has 0 bridgehead atoms. The van der Waals surface area contributed by atoms with Crippen molar-refractivity contribution in [2.24, 2.45) is 0 Å². The lowest BCUT2D eigenvalue weighted by atomic mass is 10.2. The lowest BCUT2D eigenvalue weighted by molar-refractivity contribution is -0.378. The minimum atomic E-state index is 0.833. The van der Waals surface area contributed by atoms with Crippen LogP contribution in [-0.4, -0.2) is 0 Å². The molecule has 1 heterocycles. The average molecular weight is 278 g/mol. The highest BCUT2D eigenvalue weighted by atomic mass is 79.9. The van der Waals surface area contributed by atoms with Crippen LogP contribution in [0.2, 0.25) is 0 Å². The quantitative estimate of drug-likeness (QED) is 0.916. The third-order valence-electron chi connectivity index (χ3n) is 2.44. The highest BCUT2D eigenvalue weighted by molar-refractivity contribution is 9.10. The summed E-state index contributed by atoms with van der Waals surface area (Å²) in [6, 6.07) is 10.3. The molecular weight excluding hydrogens is 264 g/mol. The molecule has 2 rings (SSSR count). The molecule has 1 aromatic carbocycles. The van der Waals surface area contributed by atoms with E-state index in [0.717, 1.165) is 11.0 Å². The first-order chi connectivity index (χ1) is 7.75. The highest BCUT2D eigenvalue weighted by Gasteiger charge is 1.99. The molecule has 0 fully saturated rings. The van der Waals surface area contributed by atoms with Gasteiger partial charge in [0.1, 0.15) is 0 Å². The lowest BCUT2D eigenvalue weighted by Gasteiger charge is -2.08. The maximum absolute atomic E-state index is 3.46. The number of aryl methyl sites for hydroxylation is 1. The monoisotopic (exact) mass is 277 g/mol. The zero-order valence-electron chi connectivity index (χ0n) is 9.13. The number of halogens is 1. The average Bonchev–Trinajstić information content (AvgIpc) is 2.29. The second kappa shape index (κ2) is 5.12. The van der Waals surface area contributed by atoms with Crippen LogP contribution >= 0.6 is 15.9 Å². The summed E-state index contributed by atoms with van der Waals surface area (Å²) in [5.74, 6) is 0. The van der Waals surface area contributed by atoms with Gasteiger partial charge in [0.05, 0.1) is 0 Å². The topological polar surface area (TPSA) is 26.2 Å². The van der Waals surface area contributed by atoms with Crippen LogP contribution in [0.1, 0.15) is 11.1 Å². The summed E-state index contributed by atoms with van der Waals surface area (Å²) in [7, 11) is 0. The van der Waals surface area contributed by atoms with Crippen molar-refractivity contribution in [2.45, 2.75) is 13.5 Å². The van der Waals surface area contributed by atoms with Crippen LogP contribution in [-0.2, 0) is 6.54 Å². The number of anilines is 1. The van der Waals surface area contributed by atoms with Gasteiger partial charge >= 0.3 is 0 Å². The molecule has 0 unspecified atom stereocenters. The van der Waals surface area contributed by atoms with Crippen LogP contribution in [0.5, 0.6) is 0 Å². The molecule has 2 nitrogen and oxygen atoms in total. The summed E-state index contributed by atoms with van der Waals surface area (Å²) >= 11 is 3.46. The number of rotatable bonds is 3. The van der Waals surface area contributed by atoms with E-state index in [9.17, 15) is 0 Å². The minimum absolute atomic E-state index is 0.833. The van der Waals surface area contributed by atoms with Gasteiger partial charge in [0.15, 0.2) is 12.4 Å². The Morgan fingerprint density at radius 1 is 1.31 bits per heavy atom. The number of hydrogen-bond acceptors (Lipinski definition) is 1. The van der Waals surface area contributed by atoms with Crippen LogP contribution in [0.25, 0.3) is 0 Å². The first kappa shape index (κ1) is 11.1. The van der Waals surface area contributed by atoms with Crippen molar-refractivity contribution in [3.8, 4) is 0 Å². The van der Waals surface area contributed by atoms with Crippen LogP contribution in [0.4, 0.5) is 5.69 Å². The van der Waals surface area contributed by atoms with Gasteiger partial charge in [0.2, 0.25) is 0 Å². The van der Waals surface area contributed by atoms with Gasteiger partial charge in [-0.05, 0) is 36.8 Å². The van der Waals surface area contributed by atoms with Crippen LogP contribution in [0.3, 0.4) is 0 Å². The van der Waals surface area contributed by atoms with Crippen LogP contribution in [0, 0.1) is 6.92 Å². The van der Waals surface area contributed by atoms with Crippen molar-refractivity contribution in [3.63, 3.8) is 0 Å². The number of aromatic amines is 1. The fourth-order valence-corrected chi connectivity index (χ4v) is 2.04. The normalized spacial score (nSPS) is 10.1. The molecule has 0 radical (unpaired) electrons. The highest BCUT2D eigenvalue weighted by Crippen LogP contribution is 2.20. The van der Waals surface area contributed by atoms with E-state index in [4.69, 9.17) is 0 Å². The molecule has 1 aromatic heterocycles. The van der Waals surface area contributed by atoms with Gasteiger partial charge in [-0.25, -0.2) is 4.98 Å². The summed E-state index contributed by atoms with van der Waals surface area (Å²) in [5.41, 5.74) is 3.66. The predicted octanol–water partition coefficient (Wildman–Crippen LogP) is 3.18. The first-order valence-electron chi connectivity index (χ1n) is 5.21. The van der Waals surface area contributed by atoms with Gasteiger partial charge in [0, 0.05) is 28.3 Å². The number of aromatic nitrogens is 1. The Bertz CT molecular complexity index is 469. The minimum Gasteiger partial charge on any atom is -0.381 e. The molecule has 0 spiro atoms. The molecule has 0 aliphatic rings. The predicted molar refractivity (Wildman–Crippen MR) is 69.2 cm³/mol. The standard InChI is InChI=1S/C13H13BrN2/c1-10-7-12(14)4-5-13(10)16-9-11-3-2-6-15-8-11/h2-8,16H,9H2,1H3/p+1. The van der Waals surface area contributed by atoms with E-state index in [2.05, 4.69) is 51.4 Å². The third-order valence-corrected chi connectivity index (χ3v) is 2.94. The van der Waals surface area contributed by atoms with Crippen molar-refractivity contribution >= 4 is 21.6 Å². The molecule has 0 aliphatic heterocycles. The van der Waals surface area contributed by atoms with E-state index < -0.39 is 0 Å². The van der Waals surface area contributed by atoms with Gasteiger partial charge in [-0.2, -0.15) is 0 Å². The number of hydrogen-bond donors (Lipinski definition) is 1. The fraction of sp³-hybridized carbons (Fsp3) is 0.154. The van der Waals surface area contributed by atoms with Crippen molar-refractivity contribution in [2.75, 3.05) is 5.32 Å². The van der Waals surface area contributed by atoms with Crippen molar-refractivity contribution < 1.29 is 4.98 Å². The Balaban J connectivity index is 2.05. The maximum Gasteiger partial charge on any atom is 0.171 e. The summed E-state index contributed by atoms with van der Waals surface area (Å²) in [5, 5.41) is 3.42. The SMILES string of the molecule is Cc1cc(Br)ccc1NCc1ccc[nH+]c1. The molecule has 0 saturated carbocycles. The molecule has 0 saturated heterocycles. The zero-order chi connectivity index (χ0) is 11.4. The Labute approximate surface area is 104 Å². The van der Waals surface area contributed by atoms with Gasteiger partial charge in [-0.3, -0.25) is 0 Å². The van der Waals surface area contributed by atoms with Crippen LogP contribution in [0.15, 0.2) is 47.2 Å². The van der Waals surface area contributed by atoms with E-state index in [0.29, 0.717) is 0 Å². The maximum atomic E-state index is 3.46. The molecule has 0 aliphatic carbocycles. The number of H-pyrrole nitrogens is 1. The number of nitrogens with one attached hydrogen (secondary N) is 2. The fourth-order valence-electron chi connectivity index (χ4n) is 1.56. The largest absolute Gasteiger partial charge is 0.381 e. The van der Waals surface area contributed by atoms with E-state index in [1.54, 1.807) is 0 Å². The Kier molecular flexibility index (Phi) is 3.57. The van der Waals surface area contributed by atoms with E-state index >= 15 is 0 Å². The third kappa shape index (κ3) is 2.83. The Morgan fingerprint density at radius 2 is 2.19 bits per heavy atom. The van der Waals surface area contributed by atoms with Gasteiger partial charge in [0.25, 0.3) is 0 Å². The zero-order valence-corrected chi connectivity index (χ0v) is 10.7.